The average molecular weight is 308 g/mol. The SMILES string of the molecule is CCOC(=O)C(C)(O)c1ccc(Br)c(Cl)c1. The Balaban J connectivity index is 3.06. The molecule has 1 rings (SSSR count). The quantitative estimate of drug-likeness (QED) is 0.874. The smallest absolute Gasteiger partial charge is 0.342 e. The van der Waals surface area contributed by atoms with Crippen LogP contribution in [0, 0.1) is 0 Å². The van der Waals surface area contributed by atoms with Gasteiger partial charge in [-0.05, 0) is 47.5 Å². The second-order valence-corrected chi connectivity index (χ2v) is 4.68. The number of carbonyl (C=O) groups is 1. The topological polar surface area (TPSA) is 46.5 Å². The largest absolute Gasteiger partial charge is 0.464 e. The predicted molar refractivity (Wildman–Crippen MR) is 65.4 cm³/mol. The second kappa shape index (κ2) is 5.17. The number of halogens is 2. The fourth-order valence-electron chi connectivity index (χ4n) is 1.19. The Morgan fingerprint density at radius 3 is 2.75 bits per heavy atom. The maximum absolute atomic E-state index is 11.5. The van der Waals surface area contributed by atoms with Gasteiger partial charge in [0.15, 0.2) is 5.60 Å². The van der Waals surface area contributed by atoms with Crippen LogP contribution in [0.2, 0.25) is 5.02 Å². The molecule has 0 bridgehead atoms. The van der Waals surface area contributed by atoms with Gasteiger partial charge in [0.1, 0.15) is 0 Å². The molecule has 0 aliphatic carbocycles. The van der Waals surface area contributed by atoms with E-state index < -0.39 is 11.6 Å². The molecule has 0 saturated heterocycles. The summed E-state index contributed by atoms with van der Waals surface area (Å²) in [7, 11) is 0. The van der Waals surface area contributed by atoms with Gasteiger partial charge in [-0.25, -0.2) is 4.79 Å². The molecule has 0 aliphatic rings. The zero-order valence-corrected chi connectivity index (χ0v) is 11.3. The van der Waals surface area contributed by atoms with Gasteiger partial charge in [-0.2, -0.15) is 0 Å². The van der Waals surface area contributed by atoms with E-state index in [1.54, 1.807) is 19.1 Å². The van der Waals surface area contributed by atoms with Crippen molar-refractivity contribution in [2.45, 2.75) is 19.4 Å². The van der Waals surface area contributed by atoms with Gasteiger partial charge in [0, 0.05) is 4.47 Å². The lowest BCUT2D eigenvalue weighted by Gasteiger charge is -2.21. The molecule has 1 aromatic rings. The van der Waals surface area contributed by atoms with E-state index in [9.17, 15) is 9.90 Å². The van der Waals surface area contributed by atoms with Crippen LogP contribution in [0.25, 0.3) is 0 Å². The van der Waals surface area contributed by atoms with E-state index in [-0.39, 0.29) is 6.61 Å². The van der Waals surface area contributed by atoms with Gasteiger partial charge in [-0.3, -0.25) is 0 Å². The van der Waals surface area contributed by atoms with E-state index in [1.807, 2.05) is 0 Å². The van der Waals surface area contributed by atoms with Gasteiger partial charge in [0.25, 0.3) is 0 Å². The van der Waals surface area contributed by atoms with Crippen molar-refractivity contribution in [3.63, 3.8) is 0 Å². The molecule has 1 atom stereocenters. The minimum atomic E-state index is -1.68. The highest BCUT2D eigenvalue weighted by Crippen LogP contribution is 2.29. The molecule has 1 N–H and O–H groups in total. The van der Waals surface area contributed by atoms with Gasteiger partial charge >= 0.3 is 5.97 Å². The van der Waals surface area contributed by atoms with Crippen molar-refractivity contribution in [1.82, 2.24) is 0 Å². The number of rotatable bonds is 3. The number of aliphatic hydroxyl groups is 1. The maximum atomic E-state index is 11.5. The first-order chi connectivity index (χ1) is 7.39. The van der Waals surface area contributed by atoms with Crippen molar-refractivity contribution >= 4 is 33.5 Å². The van der Waals surface area contributed by atoms with Crippen molar-refractivity contribution in [3.8, 4) is 0 Å². The molecule has 0 aromatic heterocycles. The Labute approximate surface area is 107 Å². The number of ether oxygens (including phenoxy) is 1. The molecule has 5 heteroatoms. The van der Waals surface area contributed by atoms with Gasteiger partial charge < -0.3 is 9.84 Å². The normalized spacial score (nSPS) is 14.3. The molecule has 0 amide bonds. The lowest BCUT2D eigenvalue weighted by atomic mass is 9.96. The standard InChI is InChI=1S/C11H12BrClO3/c1-3-16-10(14)11(2,15)7-4-5-8(12)9(13)6-7/h4-6,15H,3H2,1-2H3. The summed E-state index contributed by atoms with van der Waals surface area (Å²) in [6, 6.07) is 4.82. The highest BCUT2D eigenvalue weighted by atomic mass is 79.9. The van der Waals surface area contributed by atoms with E-state index in [4.69, 9.17) is 16.3 Å². The van der Waals surface area contributed by atoms with Crippen LogP contribution >= 0.6 is 27.5 Å². The first-order valence-corrected chi connectivity index (χ1v) is 5.91. The third-order valence-electron chi connectivity index (χ3n) is 2.15. The van der Waals surface area contributed by atoms with Gasteiger partial charge in [-0.1, -0.05) is 17.7 Å². The molecule has 0 aliphatic heterocycles. The van der Waals surface area contributed by atoms with E-state index in [1.165, 1.54) is 13.0 Å². The zero-order chi connectivity index (χ0) is 12.3. The Morgan fingerprint density at radius 2 is 2.25 bits per heavy atom. The Hall–Kier alpha value is -0.580. The summed E-state index contributed by atoms with van der Waals surface area (Å²) in [5.41, 5.74) is -1.28. The van der Waals surface area contributed by atoms with Crippen LogP contribution < -0.4 is 0 Å². The highest BCUT2D eigenvalue weighted by Gasteiger charge is 2.34. The van der Waals surface area contributed by atoms with Crippen LogP contribution in [0.15, 0.2) is 22.7 Å². The molecule has 3 nitrogen and oxygen atoms in total. The Bertz CT molecular complexity index is 404. The Morgan fingerprint density at radius 1 is 1.62 bits per heavy atom. The number of hydrogen-bond donors (Lipinski definition) is 1. The predicted octanol–water partition coefficient (Wildman–Crippen LogP) is 2.87. The van der Waals surface area contributed by atoms with Gasteiger partial charge in [-0.15, -0.1) is 0 Å². The third-order valence-corrected chi connectivity index (χ3v) is 3.39. The summed E-state index contributed by atoms with van der Waals surface area (Å²) in [5.74, 6) is -0.687. The van der Waals surface area contributed by atoms with E-state index in [0.717, 1.165) is 0 Å². The maximum Gasteiger partial charge on any atom is 0.342 e. The molecule has 0 fully saturated rings. The van der Waals surface area contributed by atoms with E-state index in [0.29, 0.717) is 15.1 Å². The lowest BCUT2D eigenvalue weighted by Crippen LogP contribution is -2.34. The van der Waals surface area contributed by atoms with Crippen molar-refractivity contribution in [2.75, 3.05) is 6.61 Å². The van der Waals surface area contributed by atoms with Crippen LogP contribution in [0.1, 0.15) is 19.4 Å². The van der Waals surface area contributed by atoms with Crippen molar-refractivity contribution < 1.29 is 14.6 Å². The van der Waals surface area contributed by atoms with Crippen molar-refractivity contribution in [1.29, 1.82) is 0 Å². The summed E-state index contributed by atoms with van der Waals surface area (Å²) >= 11 is 9.13. The lowest BCUT2D eigenvalue weighted by molar-refractivity contribution is -0.164. The molecule has 88 valence electrons. The number of hydrogen-bond acceptors (Lipinski definition) is 3. The van der Waals surface area contributed by atoms with Crippen molar-refractivity contribution in [3.05, 3.63) is 33.3 Å². The Kier molecular flexibility index (Phi) is 4.35. The van der Waals surface area contributed by atoms with E-state index >= 15 is 0 Å². The average Bonchev–Trinajstić information content (AvgIpc) is 2.22. The molecule has 0 spiro atoms. The molecule has 0 radical (unpaired) electrons. The summed E-state index contributed by atoms with van der Waals surface area (Å²) in [6.07, 6.45) is 0. The highest BCUT2D eigenvalue weighted by molar-refractivity contribution is 9.10. The third kappa shape index (κ3) is 2.75. The summed E-state index contributed by atoms with van der Waals surface area (Å²) < 4.78 is 5.49. The van der Waals surface area contributed by atoms with Crippen LogP contribution in [-0.4, -0.2) is 17.7 Å². The number of benzene rings is 1. The first-order valence-electron chi connectivity index (χ1n) is 4.74. The first kappa shape index (κ1) is 13.5. The fourth-order valence-corrected chi connectivity index (χ4v) is 1.62. The van der Waals surface area contributed by atoms with Gasteiger partial charge in [0.05, 0.1) is 11.6 Å². The second-order valence-electron chi connectivity index (χ2n) is 3.42. The van der Waals surface area contributed by atoms with Crippen molar-refractivity contribution in [2.24, 2.45) is 0 Å². The summed E-state index contributed by atoms with van der Waals surface area (Å²) in [4.78, 5) is 11.5. The molecule has 0 heterocycles. The van der Waals surface area contributed by atoms with Crippen LogP contribution in [0.3, 0.4) is 0 Å². The van der Waals surface area contributed by atoms with E-state index in [2.05, 4.69) is 15.9 Å². The minimum absolute atomic E-state index is 0.221. The zero-order valence-electron chi connectivity index (χ0n) is 8.96. The van der Waals surface area contributed by atoms with Crippen LogP contribution in [0.4, 0.5) is 0 Å². The minimum Gasteiger partial charge on any atom is -0.464 e. The molecular formula is C11H12BrClO3. The number of esters is 1. The molecular weight excluding hydrogens is 295 g/mol. The summed E-state index contributed by atoms with van der Waals surface area (Å²) in [5, 5.41) is 10.5. The number of carbonyl (C=O) groups excluding carboxylic acids is 1. The fraction of sp³-hybridized carbons (Fsp3) is 0.364. The monoisotopic (exact) mass is 306 g/mol. The molecule has 0 saturated carbocycles. The molecule has 16 heavy (non-hydrogen) atoms. The molecule has 1 unspecified atom stereocenters. The molecule has 1 aromatic carbocycles. The van der Waals surface area contributed by atoms with Crippen LogP contribution in [-0.2, 0) is 15.1 Å². The van der Waals surface area contributed by atoms with Gasteiger partial charge in [0.2, 0.25) is 0 Å². The summed E-state index contributed by atoms with van der Waals surface area (Å²) in [6.45, 7) is 3.28. The van der Waals surface area contributed by atoms with Crippen LogP contribution in [0.5, 0.6) is 0 Å².